The first-order valence-corrected chi connectivity index (χ1v) is 8.50. The average Bonchev–Trinajstić information content (AvgIpc) is 2.50. The maximum atomic E-state index is 13.8. The Morgan fingerprint density at radius 2 is 2.04 bits per heavy atom. The molecule has 1 aliphatic rings. The van der Waals surface area contributed by atoms with Gasteiger partial charge in [-0.3, -0.25) is 9.80 Å². The molecule has 1 aromatic carbocycles. The number of aliphatic hydroxyl groups is 1. The minimum absolute atomic E-state index is 0.158. The largest absolute Gasteiger partial charge is 0.396 e. The fourth-order valence-electron chi connectivity index (χ4n) is 3.15. The van der Waals surface area contributed by atoms with Crippen LogP contribution in [-0.4, -0.2) is 53.7 Å². The van der Waals surface area contributed by atoms with E-state index in [1.54, 1.807) is 0 Å². The molecule has 0 aliphatic carbocycles. The number of aliphatic hydroxyl groups excluding tert-OH is 1. The summed E-state index contributed by atoms with van der Waals surface area (Å²) < 4.78 is 27.1. The molecule has 1 N–H and O–H groups in total. The van der Waals surface area contributed by atoms with Gasteiger partial charge in [0.15, 0.2) is 0 Å². The van der Waals surface area contributed by atoms with Crippen LogP contribution in [0.2, 0.25) is 0 Å². The lowest BCUT2D eigenvalue weighted by atomic mass is 10.0. The summed E-state index contributed by atoms with van der Waals surface area (Å²) in [5, 5.41) is 9.32. The first-order valence-electron chi connectivity index (χ1n) is 8.50. The second kappa shape index (κ2) is 8.71. The van der Waals surface area contributed by atoms with E-state index in [1.165, 1.54) is 12.1 Å². The smallest absolute Gasteiger partial charge is 0.127 e. The predicted octanol–water partition coefficient (Wildman–Crippen LogP) is 2.88. The molecule has 0 radical (unpaired) electrons. The highest BCUT2D eigenvalue weighted by Crippen LogP contribution is 2.19. The summed E-state index contributed by atoms with van der Waals surface area (Å²) in [4.78, 5) is 4.58. The first kappa shape index (κ1) is 18.3. The lowest BCUT2D eigenvalue weighted by Crippen LogP contribution is -2.53. The lowest BCUT2D eigenvalue weighted by molar-refractivity contribution is 0.0518. The summed E-state index contributed by atoms with van der Waals surface area (Å²) in [7, 11) is 0. The molecule has 130 valence electrons. The predicted molar refractivity (Wildman–Crippen MR) is 88.2 cm³/mol. The molecule has 3 nitrogen and oxygen atoms in total. The average molecular weight is 326 g/mol. The Kier molecular flexibility index (Phi) is 6.93. The van der Waals surface area contributed by atoms with Crippen LogP contribution in [0.3, 0.4) is 0 Å². The van der Waals surface area contributed by atoms with Crippen LogP contribution in [0.5, 0.6) is 0 Å². The Labute approximate surface area is 137 Å². The number of nitrogens with zero attached hydrogens (tertiary/aromatic N) is 2. The molecule has 0 bridgehead atoms. The van der Waals surface area contributed by atoms with Crippen molar-refractivity contribution in [1.82, 2.24) is 9.80 Å². The molecule has 1 aromatic rings. The Balaban J connectivity index is 1.96. The van der Waals surface area contributed by atoms with Crippen LogP contribution >= 0.6 is 0 Å². The second-order valence-electron chi connectivity index (χ2n) is 6.86. The molecule has 0 saturated carbocycles. The molecule has 5 heteroatoms. The van der Waals surface area contributed by atoms with Crippen molar-refractivity contribution in [3.05, 3.63) is 35.4 Å². The van der Waals surface area contributed by atoms with Crippen molar-refractivity contribution in [3.8, 4) is 0 Å². The fourth-order valence-corrected chi connectivity index (χ4v) is 3.15. The van der Waals surface area contributed by atoms with Gasteiger partial charge >= 0.3 is 0 Å². The van der Waals surface area contributed by atoms with Crippen molar-refractivity contribution in [2.75, 3.05) is 32.8 Å². The maximum Gasteiger partial charge on any atom is 0.127 e. The van der Waals surface area contributed by atoms with Gasteiger partial charge in [0.25, 0.3) is 0 Å². The van der Waals surface area contributed by atoms with Crippen molar-refractivity contribution in [2.45, 2.75) is 39.3 Å². The zero-order valence-electron chi connectivity index (χ0n) is 14.1. The molecule has 1 aliphatic heterocycles. The van der Waals surface area contributed by atoms with Gasteiger partial charge in [-0.2, -0.15) is 0 Å². The summed E-state index contributed by atoms with van der Waals surface area (Å²) in [5.74, 6) is -0.0968. The van der Waals surface area contributed by atoms with Crippen LogP contribution in [0.1, 0.15) is 32.3 Å². The molecule has 0 spiro atoms. The Bertz CT molecular complexity index is 496. The van der Waals surface area contributed by atoms with E-state index in [2.05, 4.69) is 23.6 Å². The van der Waals surface area contributed by atoms with Gasteiger partial charge in [0.1, 0.15) is 11.6 Å². The lowest BCUT2D eigenvalue weighted by Gasteiger charge is -2.41. The topological polar surface area (TPSA) is 26.7 Å². The molecule has 1 unspecified atom stereocenters. The molecule has 1 fully saturated rings. The van der Waals surface area contributed by atoms with Gasteiger partial charge in [0, 0.05) is 44.4 Å². The van der Waals surface area contributed by atoms with E-state index in [4.69, 9.17) is 0 Å². The highest BCUT2D eigenvalue weighted by atomic mass is 19.1. The van der Waals surface area contributed by atoms with Crippen LogP contribution in [0.25, 0.3) is 0 Å². The highest BCUT2D eigenvalue weighted by Gasteiger charge is 2.26. The van der Waals surface area contributed by atoms with Crippen molar-refractivity contribution in [1.29, 1.82) is 0 Å². The van der Waals surface area contributed by atoms with Crippen LogP contribution < -0.4 is 0 Å². The van der Waals surface area contributed by atoms with E-state index >= 15 is 0 Å². The van der Waals surface area contributed by atoms with E-state index in [0.717, 1.165) is 45.1 Å². The normalized spacial score (nSPS) is 20.3. The molecule has 23 heavy (non-hydrogen) atoms. The van der Waals surface area contributed by atoms with Gasteiger partial charge in [-0.05, 0) is 43.5 Å². The Morgan fingerprint density at radius 1 is 1.26 bits per heavy atom. The van der Waals surface area contributed by atoms with Crippen molar-refractivity contribution < 1.29 is 13.9 Å². The van der Waals surface area contributed by atoms with Crippen LogP contribution in [0.4, 0.5) is 8.78 Å². The second-order valence-corrected chi connectivity index (χ2v) is 6.86. The Hall–Kier alpha value is -1.04. The zero-order valence-corrected chi connectivity index (χ0v) is 14.1. The summed E-state index contributed by atoms with van der Waals surface area (Å²) in [5.41, 5.74) is 0.406. The third-order valence-corrected chi connectivity index (χ3v) is 4.55. The third kappa shape index (κ3) is 5.52. The minimum Gasteiger partial charge on any atom is -0.396 e. The van der Waals surface area contributed by atoms with Gasteiger partial charge in [-0.15, -0.1) is 0 Å². The first-order chi connectivity index (χ1) is 11.0. The molecule has 0 aromatic heterocycles. The van der Waals surface area contributed by atoms with Gasteiger partial charge in [0.2, 0.25) is 0 Å². The number of benzene rings is 1. The minimum atomic E-state index is -0.399. The van der Waals surface area contributed by atoms with E-state index in [0.29, 0.717) is 18.0 Å². The number of rotatable bonds is 7. The number of piperazine rings is 1. The molecule has 2 rings (SSSR count). The third-order valence-electron chi connectivity index (χ3n) is 4.55. The molecule has 1 saturated heterocycles. The maximum absolute atomic E-state index is 13.8. The SMILES string of the molecule is CC(C)CCN1CCN(Cc2cc(F)ccc2F)CC1CCO. The van der Waals surface area contributed by atoms with E-state index in [-0.39, 0.29) is 18.5 Å². The van der Waals surface area contributed by atoms with Crippen LogP contribution in [0, 0.1) is 17.6 Å². The van der Waals surface area contributed by atoms with E-state index in [1.807, 2.05) is 0 Å². The summed E-state index contributed by atoms with van der Waals surface area (Å²) in [6, 6.07) is 3.90. The van der Waals surface area contributed by atoms with Gasteiger partial charge in [0.05, 0.1) is 0 Å². The summed E-state index contributed by atoms with van der Waals surface area (Å²) >= 11 is 0. The Morgan fingerprint density at radius 3 is 2.74 bits per heavy atom. The number of halogens is 2. The molecule has 1 atom stereocenters. The fraction of sp³-hybridized carbons (Fsp3) is 0.667. The summed E-state index contributed by atoms with van der Waals surface area (Å²) in [6.45, 7) is 8.58. The summed E-state index contributed by atoms with van der Waals surface area (Å²) in [6.07, 6.45) is 1.86. The highest BCUT2D eigenvalue weighted by molar-refractivity contribution is 5.18. The monoisotopic (exact) mass is 326 g/mol. The van der Waals surface area contributed by atoms with Crippen molar-refractivity contribution >= 4 is 0 Å². The van der Waals surface area contributed by atoms with Crippen molar-refractivity contribution in [2.24, 2.45) is 5.92 Å². The van der Waals surface area contributed by atoms with Gasteiger partial charge in [-0.25, -0.2) is 8.78 Å². The number of hydrogen-bond donors (Lipinski definition) is 1. The molecule has 0 amide bonds. The zero-order chi connectivity index (χ0) is 16.8. The van der Waals surface area contributed by atoms with Gasteiger partial charge in [-0.1, -0.05) is 13.8 Å². The molecular formula is C18H28F2N2O. The quantitative estimate of drug-likeness (QED) is 0.835. The van der Waals surface area contributed by atoms with Gasteiger partial charge < -0.3 is 5.11 Å². The van der Waals surface area contributed by atoms with E-state index in [9.17, 15) is 13.9 Å². The number of hydrogen-bond acceptors (Lipinski definition) is 3. The molecular weight excluding hydrogens is 298 g/mol. The van der Waals surface area contributed by atoms with Crippen LogP contribution in [-0.2, 0) is 6.54 Å². The molecule has 1 heterocycles. The standard InChI is InChI=1S/C18H28F2N2O/c1-14(2)5-7-22-9-8-21(13-17(22)6-10-23)12-15-11-16(19)3-4-18(15)20/h3-4,11,14,17,23H,5-10,12-13H2,1-2H3. The van der Waals surface area contributed by atoms with Crippen molar-refractivity contribution in [3.63, 3.8) is 0 Å². The van der Waals surface area contributed by atoms with E-state index < -0.39 is 5.82 Å². The van der Waals surface area contributed by atoms with Crippen LogP contribution in [0.15, 0.2) is 18.2 Å².